The van der Waals surface area contributed by atoms with Gasteiger partial charge in [0.25, 0.3) is 0 Å². The lowest BCUT2D eigenvalue weighted by atomic mass is 10.1. The van der Waals surface area contributed by atoms with Crippen LogP contribution < -0.4 is 20.1 Å². The molecule has 6 nitrogen and oxygen atoms in total. The van der Waals surface area contributed by atoms with Crippen LogP contribution in [-0.2, 0) is 9.59 Å². The fourth-order valence-electron chi connectivity index (χ4n) is 2.36. The summed E-state index contributed by atoms with van der Waals surface area (Å²) in [6, 6.07) is 14.4. The summed E-state index contributed by atoms with van der Waals surface area (Å²) in [7, 11) is 3.05. The van der Waals surface area contributed by atoms with Crippen molar-refractivity contribution < 1.29 is 19.1 Å². The van der Waals surface area contributed by atoms with Gasteiger partial charge in [-0.25, -0.2) is 0 Å². The zero-order valence-corrected chi connectivity index (χ0v) is 14.5. The van der Waals surface area contributed by atoms with Crippen molar-refractivity contribution in [1.82, 2.24) is 5.32 Å². The van der Waals surface area contributed by atoms with Crippen molar-refractivity contribution in [2.45, 2.75) is 19.4 Å². The molecule has 0 aliphatic carbocycles. The summed E-state index contributed by atoms with van der Waals surface area (Å²) in [6.07, 6.45) is -0.271. The van der Waals surface area contributed by atoms with Crippen molar-refractivity contribution in [1.29, 1.82) is 0 Å². The number of anilines is 1. The molecule has 0 spiro atoms. The second kappa shape index (κ2) is 8.73. The molecule has 0 aromatic heterocycles. The highest BCUT2D eigenvalue weighted by Gasteiger charge is 2.15. The first-order chi connectivity index (χ1) is 12.0. The summed E-state index contributed by atoms with van der Waals surface area (Å²) >= 11 is 0. The van der Waals surface area contributed by atoms with Gasteiger partial charge in [-0.2, -0.15) is 0 Å². The van der Waals surface area contributed by atoms with Gasteiger partial charge in [0.2, 0.25) is 11.8 Å². The topological polar surface area (TPSA) is 76.7 Å². The van der Waals surface area contributed by atoms with Crippen molar-refractivity contribution in [3.63, 3.8) is 0 Å². The number of hydrogen-bond acceptors (Lipinski definition) is 4. The minimum absolute atomic E-state index is 0.169. The molecular weight excluding hydrogens is 320 g/mol. The number of carbonyl (C=O) groups excluding carboxylic acids is 2. The zero-order valence-electron chi connectivity index (χ0n) is 14.5. The molecule has 0 aliphatic heterocycles. The number of ether oxygens (including phenoxy) is 2. The van der Waals surface area contributed by atoms with Crippen LogP contribution in [-0.4, -0.2) is 26.0 Å². The molecular formula is C19H22N2O4. The summed E-state index contributed by atoms with van der Waals surface area (Å²) < 4.78 is 10.3. The Bertz CT molecular complexity index is 731. The maximum absolute atomic E-state index is 12.1. The van der Waals surface area contributed by atoms with Gasteiger partial charge in [0.1, 0.15) is 17.9 Å². The van der Waals surface area contributed by atoms with Crippen LogP contribution in [0.4, 0.5) is 5.69 Å². The molecule has 1 atom stereocenters. The predicted molar refractivity (Wildman–Crippen MR) is 95.8 cm³/mol. The van der Waals surface area contributed by atoms with Crippen LogP contribution in [0.5, 0.6) is 11.5 Å². The van der Waals surface area contributed by atoms with E-state index >= 15 is 0 Å². The molecule has 6 heteroatoms. The monoisotopic (exact) mass is 342 g/mol. The molecule has 0 saturated carbocycles. The van der Waals surface area contributed by atoms with Crippen LogP contribution in [0.2, 0.25) is 0 Å². The van der Waals surface area contributed by atoms with Crippen molar-refractivity contribution in [3.8, 4) is 11.5 Å². The standard InChI is InChI=1S/C19H22N2O4/c1-13(14-7-5-4-6-8-14)20-18(22)12-19(23)21-16-10-9-15(24-2)11-17(16)25-3/h4-11,13H,12H2,1-3H3,(H,20,22)(H,21,23). The fourth-order valence-corrected chi connectivity index (χ4v) is 2.36. The SMILES string of the molecule is COc1ccc(NC(=O)CC(=O)NC(C)c2ccccc2)c(OC)c1. The quantitative estimate of drug-likeness (QED) is 0.759. The first-order valence-electron chi connectivity index (χ1n) is 7.89. The van der Waals surface area contributed by atoms with E-state index in [1.807, 2.05) is 37.3 Å². The third-order valence-electron chi connectivity index (χ3n) is 3.68. The second-order valence-corrected chi connectivity index (χ2v) is 5.49. The highest BCUT2D eigenvalue weighted by molar-refractivity contribution is 6.04. The maximum Gasteiger partial charge on any atom is 0.233 e. The lowest BCUT2D eigenvalue weighted by molar-refractivity contribution is -0.127. The third-order valence-corrected chi connectivity index (χ3v) is 3.68. The Morgan fingerprint density at radius 1 is 1.00 bits per heavy atom. The molecule has 25 heavy (non-hydrogen) atoms. The van der Waals surface area contributed by atoms with Crippen LogP contribution in [0, 0.1) is 0 Å². The van der Waals surface area contributed by atoms with Gasteiger partial charge in [-0.05, 0) is 24.6 Å². The molecule has 0 saturated heterocycles. The zero-order chi connectivity index (χ0) is 18.2. The molecule has 0 bridgehead atoms. The molecule has 0 aliphatic rings. The molecule has 2 aromatic carbocycles. The molecule has 0 fully saturated rings. The average molecular weight is 342 g/mol. The van der Waals surface area contributed by atoms with Crippen LogP contribution in [0.25, 0.3) is 0 Å². The van der Waals surface area contributed by atoms with E-state index in [9.17, 15) is 9.59 Å². The summed E-state index contributed by atoms with van der Waals surface area (Å²) in [5.74, 6) is 0.317. The molecule has 1 unspecified atom stereocenters. The van der Waals surface area contributed by atoms with Gasteiger partial charge in [-0.1, -0.05) is 30.3 Å². The number of carbonyl (C=O) groups is 2. The van der Waals surface area contributed by atoms with Crippen molar-refractivity contribution >= 4 is 17.5 Å². The van der Waals surface area contributed by atoms with Gasteiger partial charge in [-0.3, -0.25) is 9.59 Å². The number of amides is 2. The second-order valence-electron chi connectivity index (χ2n) is 5.49. The van der Waals surface area contributed by atoms with E-state index in [1.54, 1.807) is 25.3 Å². The Morgan fingerprint density at radius 2 is 1.72 bits per heavy atom. The largest absolute Gasteiger partial charge is 0.497 e. The molecule has 2 aromatic rings. The van der Waals surface area contributed by atoms with Crippen molar-refractivity contribution in [2.24, 2.45) is 0 Å². The lowest BCUT2D eigenvalue weighted by Gasteiger charge is -2.15. The van der Waals surface area contributed by atoms with Gasteiger partial charge >= 0.3 is 0 Å². The number of nitrogens with one attached hydrogen (secondary N) is 2. The molecule has 2 amide bonds. The molecule has 2 N–H and O–H groups in total. The Hall–Kier alpha value is -3.02. The van der Waals surface area contributed by atoms with Gasteiger partial charge < -0.3 is 20.1 Å². The lowest BCUT2D eigenvalue weighted by Crippen LogP contribution is -2.30. The van der Waals surface area contributed by atoms with Crippen LogP contribution in [0.3, 0.4) is 0 Å². The van der Waals surface area contributed by atoms with Gasteiger partial charge in [-0.15, -0.1) is 0 Å². The van der Waals surface area contributed by atoms with Crippen molar-refractivity contribution in [2.75, 3.05) is 19.5 Å². The minimum Gasteiger partial charge on any atom is -0.497 e. The van der Waals surface area contributed by atoms with E-state index in [4.69, 9.17) is 9.47 Å². The van der Waals surface area contributed by atoms with Crippen molar-refractivity contribution in [3.05, 3.63) is 54.1 Å². The molecule has 2 rings (SSSR count). The van der Waals surface area contributed by atoms with E-state index in [0.29, 0.717) is 17.2 Å². The normalized spacial score (nSPS) is 11.3. The summed E-state index contributed by atoms with van der Waals surface area (Å²) in [6.45, 7) is 1.87. The minimum atomic E-state index is -0.416. The number of methoxy groups -OCH3 is 2. The summed E-state index contributed by atoms with van der Waals surface area (Å²) in [4.78, 5) is 24.2. The highest BCUT2D eigenvalue weighted by Crippen LogP contribution is 2.29. The van der Waals surface area contributed by atoms with Crippen LogP contribution >= 0.6 is 0 Å². The molecule has 0 heterocycles. The maximum atomic E-state index is 12.1. The van der Waals surface area contributed by atoms with Gasteiger partial charge in [0.05, 0.1) is 25.9 Å². The Kier molecular flexibility index (Phi) is 6.39. The fraction of sp³-hybridized carbons (Fsp3) is 0.263. The third kappa shape index (κ3) is 5.24. The van der Waals surface area contributed by atoms with Crippen LogP contribution in [0.15, 0.2) is 48.5 Å². The van der Waals surface area contributed by atoms with E-state index in [1.165, 1.54) is 7.11 Å². The predicted octanol–water partition coefficient (Wildman–Crippen LogP) is 2.91. The first-order valence-corrected chi connectivity index (χ1v) is 7.89. The molecule has 132 valence electrons. The van der Waals surface area contributed by atoms with E-state index in [-0.39, 0.29) is 18.4 Å². The summed E-state index contributed by atoms with van der Waals surface area (Å²) in [5, 5.41) is 5.49. The average Bonchev–Trinajstić information content (AvgIpc) is 2.62. The molecule has 0 radical (unpaired) electrons. The Morgan fingerprint density at radius 3 is 2.36 bits per heavy atom. The number of benzene rings is 2. The van der Waals surface area contributed by atoms with E-state index < -0.39 is 5.91 Å². The summed E-state index contributed by atoms with van der Waals surface area (Å²) in [5.41, 5.74) is 1.46. The van der Waals surface area contributed by atoms with E-state index in [2.05, 4.69) is 10.6 Å². The van der Waals surface area contributed by atoms with E-state index in [0.717, 1.165) is 5.56 Å². The Labute approximate surface area is 147 Å². The first kappa shape index (κ1) is 18.3. The smallest absolute Gasteiger partial charge is 0.233 e. The number of hydrogen-bond donors (Lipinski definition) is 2. The number of rotatable bonds is 7. The highest BCUT2D eigenvalue weighted by atomic mass is 16.5. The van der Waals surface area contributed by atoms with Crippen LogP contribution in [0.1, 0.15) is 24.9 Å². The Balaban J connectivity index is 1.92. The van der Waals surface area contributed by atoms with Gasteiger partial charge in [0, 0.05) is 6.07 Å². The van der Waals surface area contributed by atoms with Gasteiger partial charge in [0.15, 0.2) is 0 Å².